The lowest BCUT2D eigenvalue weighted by Crippen LogP contribution is -2.26. The number of hydrogen-bond donors (Lipinski definition) is 2. The molecule has 1 amide bonds. The van der Waals surface area contributed by atoms with Crippen LogP contribution in [0, 0.1) is 34.9 Å². The number of benzene rings is 8. The molecule has 25 heteroatoms. The zero-order valence-corrected chi connectivity index (χ0v) is 48.1. The number of aromatic carboxylic acids is 1. The fourth-order valence-corrected chi connectivity index (χ4v) is 6.62. The highest BCUT2D eigenvalue weighted by Crippen LogP contribution is 2.31. The van der Waals surface area contributed by atoms with Crippen molar-refractivity contribution in [3.63, 3.8) is 0 Å². The van der Waals surface area contributed by atoms with Crippen molar-refractivity contribution in [1.82, 2.24) is 0 Å². The number of carbonyl (C=O) groups excluding carboxylic acids is 3. The van der Waals surface area contributed by atoms with Crippen molar-refractivity contribution in [3.05, 3.63) is 227 Å². The Bertz CT molecular complexity index is 3280. The van der Waals surface area contributed by atoms with E-state index < -0.39 is 60.7 Å². The topological polar surface area (TPSA) is 176 Å². The summed E-state index contributed by atoms with van der Waals surface area (Å²) in [6.45, 7) is 0. The third kappa shape index (κ3) is 23.1. The normalized spacial score (nSPS) is 9.84. The Morgan fingerprint density at radius 1 is 0.422 bits per heavy atom. The van der Waals surface area contributed by atoms with Crippen LogP contribution in [0.3, 0.4) is 0 Å². The molecule has 0 spiro atoms. The van der Waals surface area contributed by atoms with E-state index in [0.717, 1.165) is 41.4 Å². The summed E-state index contributed by atoms with van der Waals surface area (Å²) in [7, 11) is 15.9. The fourth-order valence-electron chi connectivity index (χ4n) is 6.38. The number of halogens is 10. The Balaban J connectivity index is 0.000000280. The van der Waals surface area contributed by atoms with E-state index in [1.54, 1.807) is 43.5 Å². The Kier molecular flexibility index (Phi) is 29.3. The van der Waals surface area contributed by atoms with E-state index >= 15 is 0 Å². The van der Waals surface area contributed by atoms with Gasteiger partial charge in [-0.3, -0.25) is 19.3 Å². The standard InChI is InChI=1S/C21H17F2NO3.C13H12FNO.2C8H6ClFO2.C8H7FO3.Cl2OS/c1-26-18-10-8-17(9-11-18)24(16-6-4-15(22)5-7-16)21(25)14-3-12-20(27-2)19(23)13-14;1-16-13-8-6-12(7-9-13)15-11-4-2-10(14)3-5-11;2*1-12-7-3-2-5(8(9)11)4-6(7)10;1-12-7-3-2-5(8(10)11)4-6(7)9;1-4(2)3/h3-13H,1-2H3;2-9,15H,1H3;2*2-4H,1H3;2-4H,1H3,(H,10,11);. The van der Waals surface area contributed by atoms with Crippen LogP contribution in [0.1, 0.15) is 41.4 Å². The van der Waals surface area contributed by atoms with Gasteiger partial charge in [0.15, 0.2) is 46.3 Å². The molecule has 0 saturated carbocycles. The lowest BCUT2D eigenvalue weighted by Gasteiger charge is -2.23. The summed E-state index contributed by atoms with van der Waals surface area (Å²) in [6, 6.07) is 41.1. The molecule has 8 aromatic carbocycles. The number of methoxy groups -OCH3 is 6. The minimum absolute atomic E-state index is 0.0417. The van der Waals surface area contributed by atoms with E-state index in [1.165, 1.54) is 125 Å². The van der Waals surface area contributed by atoms with Gasteiger partial charge in [0.1, 0.15) is 23.1 Å². The first-order chi connectivity index (χ1) is 39.5. The molecule has 8 aromatic rings. The zero-order valence-electron chi connectivity index (χ0n) is 44.2. The molecule has 438 valence electrons. The van der Waals surface area contributed by atoms with Gasteiger partial charge in [-0.25, -0.2) is 35.3 Å². The highest BCUT2D eigenvalue weighted by molar-refractivity contribution is 8.26. The molecule has 0 bridgehead atoms. The smallest absolute Gasteiger partial charge is 0.335 e. The van der Waals surface area contributed by atoms with Crippen LogP contribution in [0.25, 0.3) is 0 Å². The van der Waals surface area contributed by atoms with Crippen molar-refractivity contribution in [2.45, 2.75) is 0 Å². The van der Waals surface area contributed by atoms with Crippen molar-refractivity contribution in [1.29, 1.82) is 0 Å². The summed E-state index contributed by atoms with van der Waals surface area (Å²) in [5, 5.41) is 10.3. The highest BCUT2D eigenvalue weighted by Gasteiger charge is 2.22. The lowest BCUT2D eigenvalue weighted by molar-refractivity contribution is 0.0695. The van der Waals surface area contributed by atoms with Crippen molar-refractivity contribution in [3.8, 4) is 34.5 Å². The number of nitrogens with one attached hydrogen (secondary N) is 1. The highest BCUT2D eigenvalue weighted by atomic mass is 36.0. The summed E-state index contributed by atoms with van der Waals surface area (Å²) in [4.78, 5) is 46.0. The number of amides is 1. The number of carboxylic acid groups (broad SMARTS) is 1. The maximum Gasteiger partial charge on any atom is 0.335 e. The third-order valence-corrected chi connectivity index (χ3v) is 10.8. The van der Waals surface area contributed by atoms with Crippen LogP contribution in [0.2, 0.25) is 0 Å². The number of nitrogens with zero attached hydrogens (tertiary/aromatic N) is 1. The van der Waals surface area contributed by atoms with Crippen LogP contribution in [0.15, 0.2) is 170 Å². The Morgan fingerprint density at radius 2 is 0.699 bits per heavy atom. The second kappa shape index (κ2) is 35.4. The predicted octanol–water partition coefficient (Wildman–Crippen LogP) is 15.5. The molecule has 0 atom stereocenters. The molecular weight excluding hydrogens is 1200 g/mol. The van der Waals surface area contributed by atoms with E-state index in [4.69, 9.17) is 46.7 Å². The minimum Gasteiger partial charge on any atom is -0.497 e. The van der Waals surface area contributed by atoms with Crippen molar-refractivity contribution < 1.29 is 83.3 Å². The van der Waals surface area contributed by atoms with Gasteiger partial charge in [0.05, 0.1) is 48.2 Å². The Labute approximate surface area is 494 Å². The zero-order chi connectivity index (χ0) is 61.8. The van der Waals surface area contributed by atoms with E-state index in [-0.39, 0.29) is 51.1 Å². The van der Waals surface area contributed by atoms with Gasteiger partial charge in [0.25, 0.3) is 16.4 Å². The van der Waals surface area contributed by atoms with Crippen LogP contribution in [-0.2, 0) is 9.23 Å². The minimum atomic E-state index is -1.67. The molecule has 0 heterocycles. The first-order valence-corrected chi connectivity index (χ1v) is 26.7. The van der Waals surface area contributed by atoms with Crippen LogP contribution in [-0.4, -0.2) is 74.3 Å². The SMILES string of the molecule is COc1ccc(C(=O)Cl)cc1F.COc1ccc(C(=O)Cl)cc1F.COc1ccc(C(=O)O)cc1F.COc1ccc(N(C(=O)c2ccc(OC)c(F)c2)c2ccc(F)cc2)cc1.COc1ccc(Nc2ccc(F)cc2)cc1.O=S(Cl)Cl. The van der Waals surface area contributed by atoms with Gasteiger partial charge in [0.2, 0.25) is 9.23 Å². The number of anilines is 4. The average Bonchev–Trinajstić information content (AvgIpc) is 3.66. The van der Waals surface area contributed by atoms with E-state index in [0.29, 0.717) is 17.1 Å². The summed E-state index contributed by atoms with van der Waals surface area (Å²) in [6.07, 6.45) is 0. The van der Waals surface area contributed by atoms with Gasteiger partial charge in [-0.2, -0.15) is 0 Å². The van der Waals surface area contributed by atoms with E-state index in [9.17, 15) is 45.5 Å². The van der Waals surface area contributed by atoms with Crippen molar-refractivity contribution >= 4 is 98.9 Å². The molecule has 0 fully saturated rings. The van der Waals surface area contributed by atoms with E-state index in [1.807, 2.05) is 24.3 Å². The number of rotatable bonds is 14. The molecule has 0 aliphatic rings. The monoisotopic (exact) mass is 1250 g/mol. The molecule has 8 rings (SSSR count). The molecule has 0 unspecified atom stereocenters. The number of carbonyl (C=O) groups is 4. The second-order valence-electron chi connectivity index (χ2n) is 15.6. The molecule has 0 aliphatic heterocycles. The first-order valence-electron chi connectivity index (χ1n) is 23.1. The van der Waals surface area contributed by atoms with Gasteiger partial charge < -0.3 is 38.8 Å². The summed E-state index contributed by atoms with van der Waals surface area (Å²) in [5.41, 5.74) is 3.05. The molecular formula is C58H48Cl4F6N2O12S. The molecule has 83 heavy (non-hydrogen) atoms. The lowest BCUT2D eigenvalue weighted by atomic mass is 10.1. The third-order valence-electron chi connectivity index (χ3n) is 10.4. The largest absolute Gasteiger partial charge is 0.497 e. The molecule has 0 aliphatic carbocycles. The van der Waals surface area contributed by atoms with Crippen LogP contribution in [0.5, 0.6) is 34.5 Å². The summed E-state index contributed by atoms with van der Waals surface area (Å²) in [5.74, 6) is -3.06. The molecule has 0 saturated heterocycles. The van der Waals surface area contributed by atoms with Crippen LogP contribution in [0.4, 0.5) is 49.1 Å². The molecule has 0 radical (unpaired) electrons. The van der Waals surface area contributed by atoms with Gasteiger partial charge >= 0.3 is 5.97 Å². The molecule has 0 aromatic heterocycles. The Morgan fingerprint density at radius 3 is 1.01 bits per heavy atom. The van der Waals surface area contributed by atoms with Crippen molar-refractivity contribution in [2.75, 3.05) is 52.9 Å². The fraction of sp³-hybridized carbons (Fsp3) is 0.103. The number of carboxylic acids is 1. The van der Waals surface area contributed by atoms with Crippen LogP contribution >= 0.6 is 44.6 Å². The van der Waals surface area contributed by atoms with Gasteiger partial charge in [-0.15, -0.1) is 0 Å². The second-order valence-corrected chi connectivity index (χ2v) is 18.8. The van der Waals surface area contributed by atoms with E-state index in [2.05, 4.69) is 40.9 Å². The van der Waals surface area contributed by atoms with Gasteiger partial charge in [-0.05, 0) is 193 Å². The molecule has 14 nitrogen and oxygen atoms in total. The molecule has 2 N–H and O–H groups in total. The average molecular weight is 1250 g/mol. The van der Waals surface area contributed by atoms with Gasteiger partial charge in [-0.1, -0.05) is 0 Å². The summed E-state index contributed by atoms with van der Waals surface area (Å²) >= 11 is 10.2. The van der Waals surface area contributed by atoms with Gasteiger partial charge in [0, 0.05) is 60.8 Å². The first kappa shape index (κ1) is 68.8. The van der Waals surface area contributed by atoms with Crippen molar-refractivity contribution in [2.24, 2.45) is 0 Å². The van der Waals surface area contributed by atoms with Crippen LogP contribution < -0.4 is 38.6 Å². The maximum absolute atomic E-state index is 14.1. The number of ether oxygens (including phenoxy) is 6. The quantitative estimate of drug-likeness (QED) is 0.0778. The summed E-state index contributed by atoms with van der Waals surface area (Å²) < 4.78 is 117. The predicted molar refractivity (Wildman–Crippen MR) is 308 cm³/mol. The Hall–Kier alpha value is -8.47. The number of hydrogen-bond acceptors (Lipinski definition) is 12. The maximum atomic E-state index is 14.1.